The van der Waals surface area contributed by atoms with Crippen LogP contribution in [0.2, 0.25) is 0 Å². The molecule has 1 saturated carbocycles. The third-order valence-electron chi connectivity index (χ3n) is 5.85. The van der Waals surface area contributed by atoms with E-state index in [1.807, 2.05) is 6.92 Å². The molecular formula is C24H23F2N7O2. The number of fused-ring (bicyclic) bond motifs is 2. The van der Waals surface area contributed by atoms with Gasteiger partial charge in [-0.3, -0.25) is 9.78 Å². The summed E-state index contributed by atoms with van der Waals surface area (Å²) < 4.78 is 107. The molecule has 4 aromatic rings. The molecule has 2 atom stereocenters. The van der Waals surface area contributed by atoms with Gasteiger partial charge in [0.15, 0.2) is 11.5 Å². The lowest BCUT2D eigenvalue weighted by atomic mass is 10.1. The maximum absolute atomic E-state index is 13.8. The summed E-state index contributed by atoms with van der Waals surface area (Å²) in [5.41, 5.74) is -1.03. The van der Waals surface area contributed by atoms with Crippen LogP contribution in [0.3, 0.4) is 0 Å². The first-order valence-electron chi connectivity index (χ1n) is 15.1. The standard InChI is InChI=1S/C24H23F2N7O2/c1-13-8-15(13)24(34)29-19-9-16-17(10-27-19)21(22(25)26)28-11-18(16)23-30-20-3-2-14(12-33(20)31-23)32-4-6-35-7-5-32/h2-3,9-13,15,22H,4-8H2,1H3,(H,27,29,34)/t13-,15+/m1/s1/i4D2,5D2,6D2,7D2,12D. The molecule has 1 aliphatic carbocycles. The molecule has 0 aromatic carbocycles. The molecule has 9 nitrogen and oxygen atoms in total. The van der Waals surface area contributed by atoms with Crippen molar-refractivity contribution in [3.8, 4) is 11.4 Å². The fourth-order valence-corrected chi connectivity index (χ4v) is 3.85. The molecule has 1 N–H and O–H groups in total. The minimum Gasteiger partial charge on any atom is -0.378 e. The number of carbonyl (C=O) groups excluding carboxylic acids is 1. The summed E-state index contributed by atoms with van der Waals surface area (Å²) in [6.07, 6.45) is -0.682. The number of pyridine rings is 3. The number of aromatic nitrogens is 5. The van der Waals surface area contributed by atoms with Crippen LogP contribution in [-0.2, 0) is 9.53 Å². The normalized spacial score (nSPS) is 29.6. The van der Waals surface area contributed by atoms with Crippen LogP contribution in [0, 0.1) is 11.8 Å². The summed E-state index contributed by atoms with van der Waals surface area (Å²) in [5.74, 6) is -0.246. The summed E-state index contributed by atoms with van der Waals surface area (Å²) in [6.45, 7) is -11.4. The lowest BCUT2D eigenvalue weighted by molar-refractivity contribution is -0.117. The molecule has 4 aromatic heterocycles. The minimum absolute atomic E-state index is 0.00876. The van der Waals surface area contributed by atoms with Gasteiger partial charge in [0.25, 0.3) is 6.43 Å². The third kappa shape index (κ3) is 4.05. The highest BCUT2D eigenvalue weighted by Crippen LogP contribution is 2.39. The van der Waals surface area contributed by atoms with E-state index in [1.165, 1.54) is 12.1 Å². The van der Waals surface area contributed by atoms with Crippen molar-refractivity contribution in [3.63, 3.8) is 0 Å². The highest BCUT2D eigenvalue weighted by atomic mass is 19.3. The van der Waals surface area contributed by atoms with Crippen molar-refractivity contribution < 1.29 is 30.6 Å². The molecular weight excluding hydrogens is 456 g/mol. The number of nitrogens with one attached hydrogen (secondary N) is 1. The van der Waals surface area contributed by atoms with Gasteiger partial charge in [-0.2, -0.15) is 0 Å². The number of halogens is 2. The quantitative estimate of drug-likeness (QED) is 0.457. The fourth-order valence-electron chi connectivity index (χ4n) is 3.85. The molecule has 2 fully saturated rings. The van der Waals surface area contributed by atoms with E-state index in [9.17, 15) is 13.6 Å². The van der Waals surface area contributed by atoms with E-state index in [0.717, 1.165) is 29.4 Å². The molecule has 2 aliphatic rings. The van der Waals surface area contributed by atoms with Gasteiger partial charge in [0, 0.05) is 47.6 Å². The Morgan fingerprint density at radius 3 is 2.80 bits per heavy atom. The Morgan fingerprint density at radius 1 is 1.26 bits per heavy atom. The Balaban J connectivity index is 1.49. The van der Waals surface area contributed by atoms with Gasteiger partial charge < -0.3 is 15.0 Å². The smallest absolute Gasteiger partial charge is 0.281 e. The summed E-state index contributed by atoms with van der Waals surface area (Å²) >= 11 is 0. The van der Waals surface area contributed by atoms with Crippen molar-refractivity contribution in [1.29, 1.82) is 0 Å². The van der Waals surface area contributed by atoms with Crippen molar-refractivity contribution >= 4 is 33.8 Å². The molecule has 1 amide bonds. The lowest BCUT2D eigenvalue weighted by Crippen LogP contribution is -2.36. The van der Waals surface area contributed by atoms with E-state index in [1.54, 1.807) is 0 Å². The highest BCUT2D eigenvalue weighted by molar-refractivity contribution is 6.00. The Morgan fingerprint density at radius 2 is 2.06 bits per heavy atom. The van der Waals surface area contributed by atoms with E-state index >= 15 is 0 Å². The molecule has 0 radical (unpaired) electrons. The number of hydrogen-bond acceptors (Lipinski definition) is 7. The van der Waals surface area contributed by atoms with Gasteiger partial charge in [-0.25, -0.2) is 23.3 Å². The molecule has 6 rings (SSSR count). The van der Waals surface area contributed by atoms with Crippen LogP contribution in [-0.4, -0.2) is 56.6 Å². The largest absolute Gasteiger partial charge is 0.378 e. The summed E-state index contributed by atoms with van der Waals surface area (Å²) in [6, 6.07) is 3.67. The highest BCUT2D eigenvalue weighted by Gasteiger charge is 2.39. The van der Waals surface area contributed by atoms with Gasteiger partial charge in [-0.1, -0.05) is 6.92 Å². The van der Waals surface area contributed by atoms with Gasteiger partial charge in [0.05, 0.1) is 37.3 Å². The van der Waals surface area contributed by atoms with Crippen LogP contribution in [0.4, 0.5) is 20.3 Å². The van der Waals surface area contributed by atoms with Crippen molar-refractivity contribution in [2.45, 2.75) is 19.8 Å². The van der Waals surface area contributed by atoms with Crippen molar-refractivity contribution in [3.05, 3.63) is 42.5 Å². The molecule has 5 heterocycles. The number of alkyl halides is 2. The molecule has 0 bridgehead atoms. The molecule has 1 saturated heterocycles. The van der Waals surface area contributed by atoms with Gasteiger partial charge in [-0.05, 0) is 30.5 Å². The molecule has 35 heavy (non-hydrogen) atoms. The second-order valence-electron chi connectivity index (χ2n) is 8.18. The van der Waals surface area contributed by atoms with Gasteiger partial charge in [0.1, 0.15) is 11.5 Å². The first-order valence-corrected chi connectivity index (χ1v) is 10.6. The zero-order valence-electron chi connectivity index (χ0n) is 27.1. The average Bonchev–Trinajstić information content (AvgIpc) is 3.49. The number of carbonyl (C=O) groups is 1. The SMILES string of the molecule is [2H]c1c(N2C([2H])([2H])C([2H])([2H])OC([2H])([2H])C2([2H])[2H])ccc2nc(-c3cnc(C(F)F)c4cnc(NC(=O)[C@H]5C[C@H]5C)cc34)nn12. The summed E-state index contributed by atoms with van der Waals surface area (Å²) in [5, 5.41) is 7.06. The molecule has 11 heteroatoms. The van der Waals surface area contributed by atoms with Crippen molar-refractivity contribution in [1.82, 2.24) is 24.6 Å². The molecule has 180 valence electrons. The second kappa shape index (κ2) is 8.49. The first-order chi connectivity index (χ1) is 20.4. The Labute approximate surface area is 211 Å². The van der Waals surface area contributed by atoms with E-state index < -0.39 is 50.1 Å². The van der Waals surface area contributed by atoms with Crippen molar-refractivity contribution in [2.75, 3.05) is 36.3 Å². The van der Waals surface area contributed by atoms with Crippen LogP contribution in [0.15, 0.2) is 36.8 Å². The maximum atomic E-state index is 13.8. The van der Waals surface area contributed by atoms with Crippen molar-refractivity contribution in [2.24, 2.45) is 11.8 Å². The third-order valence-corrected chi connectivity index (χ3v) is 5.85. The van der Waals surface area contributed by atoms with Crippen LogP contribution >= 0.6 is 0 Å². The maximum Gasteiger partial charge on any atom is 0.281 e. The van der Waals surface area contributed by atoms with Gasteiger partial charge in [0.2, 0.25) is 5.91 Å². The first kappa shape index (κ1) is 14.0. The minimum atomic E-state index is -3.34. The molecule has 0 spiro atoms. The topological polar surface area (TPSA) is 97.5 Å². The van der Waals surface area contributed by atoms with Crippen LogP contribution in [0.1, 0.15) is 37.8 Å². The number of hydrogen-bond donors (Lipinski definition) is 1. The van der Waals surface area contributed by atoms with Gasteiger partial charge in [-0.15, -0.1) is 5.10 Å². The summed E-state index contributed by atoms with van der Waals surface area (Å²) in [7, 11) is 0. The Hall–Kier alpha value is -3.73. The number of nitrogens with zero attached hydrogens (tertiary/aromatic N) is 6. The number of anilines is 2. The number of rotatable bonds is 5. The molecule has 1 aliphatic heterocycles. The Kier molecular flexibility index (Phi) is 3.39. The predicted octanol–water partition coefficient (Wildman–Crippen LogP) is 3.71. The lowest BCUT2D eigenvalue weighted by Gasteiger charge is -2.28. The van der Waals surface area contributed by atoms with Gasteiger partial charge >= 0.3 is 0 Å². The number of amides is 1. The van der Waals surface area contributed by atoms with E-state index in [-0.39, 0.29) is 56.3 Å². The van der Waals surface area contributed by atoms with Crippen LogP contribution in [0.5, 0.6) is 0 Å². The molecule has 0 unspecified atom stereocenters. The summed E-state index contributed by atoms with van der Waals surface area (Å²) in [4.78, 5) is 25.0. The van der Waals surface area contributed by atoms with E-state index in [0.29, 0.717) is 0 Å². The average molecular weight is 489 g/mol. The Bertz CT molecular complexity index is 1810. The number of morpholine rings is 1. The van der Waals surface area contributed by atoms with E-state index in [4.69, 9.17) is 12.3 Å². The zero-order chi connectivity index (χ0) is 32.1. The zero-order valence-corrected chi connectivity index (χ0v) is 18.1. The predicted molar refractivity (Wildman–Crippen MR) is 125 cm³/mol. The van der Waals surface area contributed by atoms with Crippen LogP contribution < -0.4 is 10.2 Å². The number of ether oxygens (including phenoxy) is 1. The van der Waals surface area contributed by atoms with E-state index in [2.05, 4.69) is 30.1 Å². The van der Waals surface area contributed by atoms with Crippen LogP contribution in [0.25, 0.3) is 27.8 Å². The second-order valence-corrected chi connectivity index (χ2v) is 8.18. The monoisotopic (exact) mass is 488 g/mol. The fraction of sp³-hybridized carbons (Fsp3) is 0.375.